The van der Waals surface area contributed by atoms with Crippen molar-refractivity contribution in [3.05, 3.63) is 53.1 Å². The summed E-state index contributed by atoms with van der Waals surface area (Å²) in [5.74, 6) is -0.457. The maximum absolute atomic E-state index is 13.2. The van der Waals surface area contributed by atoms with Crippen molar-refractivity contribution in [1.29, 1.82) is 0 Å². The highest BCUT2D eigenvalue weighted by Crippen LogP contribution is 2.31. The van der Waals surface area contributed by atoms with Crippen LogP contribution in [0.4, 0.5) is 0 Å². The summed E-state index contributed by atoms with van der Waals surface area (Å²) in [6.07, 6.45) is 0.596. The molecule has 1 heterocycles. The SMILES string of the molecule is COc1ccc(OC)c(CC2CCC(=O)CN(S(=O)(=O)c3ccc(Cl)cc3)C2=O)c1. The lowest BCUT2D eigenvalue weighted by atomic mass is 9.93. The molecule has 0 bridgehead atoms. The van der Waals surface area contributed by atoms with Crippen LogP contribution in [0, 0.1) is 5.92 Å². The first kappa shape index (κ1) is 22.1. The van der Waals surface area contributed by atoms with Gasteiger partial charge in [0.2, 0.25) is 5.91 Å². The van der Waals surface area contributed by atoms with Crippen LogP contribution >= 0.6 is 11.6 Å². The van der Waals surface area contributed by atoms with Crippen LogP contribution in [0.5, 0.6) is 11.5 Å². The fraction of sp³-hybridized carbons (Fsp3) is 0.333. The Hall–Kier alpha value is -2.58. The number of carbonyl (C=O) groups is 2. The predicted molar refractivity (Wildman–Crippen MR) is 111 cm³/mol. The zero-order valence-electron chi connectivity index (χ0n) is 16.6. The molecule has 1 saturated heterocycles. The first-order chi connectivity index (χ1) is 14.3. The van der Waals surface area contributed by atoms with Crippen molar-refractivity contribution in [3.8, 4) is 11.5 Å². The van der Waals surface area contributed by atoms with Crippen LogP contribution in [0.25, 0.3) is 0 Å². The molecule has 7 nitrogen and oxygen atoms in total. The van der Waals surface area contributed by atoms with Crippen LogP contribution < -0.4 is 9.47 Å². The van der Waals surface area contributed by atoms with Gasteiger partial charge < -0.3 is 9.47 Å². The molecule has 0 spiro atoms. The van der Waals surface area contributed by atoms with E-state index in [0.29, 0.717) is 26.4 Å². The largest absolute Gasteiger partial charge is 0.497 e. The number of carbonyl (C=O) groups excluding carboxylic acids is 2. The van der Waals surface area contributed by atoms with Gasteiger partial charge in [-0.3, -0.25) is 9.59 Å². The molecule has 1 unspecified atom stereocenters. The average Bonchev–Trinajstić information content (AvgIpc) is 2.87. The second kappa shape index (κ2) is 9.06. The number of ketones is 1. The molecule has 2 aromatic carbocycles. The van der Waals surface area contributed by atoms with Gasteiger partial charge in [-0.1, -0.05) is 11.6 Å². The third kappa shape index (κ3) is 4.60. The summed E-state index contributed by atoms with van der Waals surface area (Å²) in [6.45, 7) is -0.477. The second-order valence-corrected chi connectivity index (χ2v) is 9.26. The third-order valence-electron chi connectivity index (χ3n) is 5.04. The molecule has 3 rings (SSSR count). The molecule has 0 aromatic heterocycles. The van der Waals surface area contributed by atoms with Crippen molar-refractivity contribution in [3.63, 3.8) is 0 Å². The Labute approximate surface area is 180 Å². The minimum absolute atomic E-state index is 0.0901. The molecule has 160 valence electrons. The van der Waals surface area contributed by atoms with E-state index in [1.165, 1.54) is 38.5 Å². The molecule has 0 N–H and O–H groups in total. The summed E-state index contributed by atoms with van der Waals surface area (Å²) in [4.78, 5) is 25.4. The summed E-state index contributed by atoms with van der Waals surface area (Å²) in [5.41, 5.74) is 0.702. The summed E-state index contributed by atoms with van der Waals surface area (Å²) >= 11 is 5.84. The van der Waals surface area contributed by atoms with Crippen LogP contribution in [0.1, 0.15) is 18.4 Å². The minimum atomic E-state index is -4.19. The van der Waals surface area contributed by atoms with Gasteiger partial charge in [-0.05, 0) is 60.9 Å². The number of methoxy groups -OCH3 is 2. The molecule has 0 aliphatic carbocycles. The Bertz CT molecular complexity index is 1050. The van der Waals surface area contributed by atoms with Gasteiger partial charge in [0.15, 0.2) is 5.78 Å². The molecule has 1 atom stereocenters. The topological polar surface area (TPSA) is 90.0 Å². The highest BCUT2D eigenvalue weighted by atomic mass is 35.5. The number of sulfonamides is 1. The van der Waals surface area contributed by atoms with Crippen LogP contribution in [0.2, 0.25) is 5.02 Å². The first-order valence-corrected chi connectivity index (χ1v) is 11.1. The first-order valence-electron chi connectivity index (χ1n) is 9.31. The van der Waals surface area contributed by atoms with Crippen molar-refractivity contribution in [2.45, 2.75) is 24.2 Å². The van der Waals surface area contributed by atoms with Crippen molar-refractivity contribution < 1.29 is 27.5 Å². The highest BCUT2D eigenvalue weighted by molar-refractivity contribution is 7.89. The molecule has 0 saturated carbocycles. The van der Waals surface area contributed by atoms with Crippen LogP contribution in [-0.2, 0) is 26.0 Å². The van der Waals surface area contributed by atoms with Crippen LogP contribution in [0.3, 0.4) is 0 Å². The number of nitrogens with zero attached hydrogens (tertiary/aromatic N) is 1. The average molecular weight is 452 g/mol. The lowest BCUT2D eigenvalue weighted by molar-refractivity contribution is -0.131. The van der Waals surface area contributed by atoms with Crippen LogP contribution in [-0.4, -0.2) is 45.2 Å². The van der Waals surface area contributed by atoms with Gasteiger partial charge in [0.1, 0.15) is 11.5 Å². The fourth-order valence-electron chi connectivity index (χ4n) is 3.41. The van der Waals surface area contributed by atoms with Gasteiger partial charge in [-0.25, -0.2) is 12.7 Å². The van der Waals surface area contributed by atoms with Crippen molar-refractivity contribution in [1.82, 2.24) is 4.31 Å². The van der Waals surface area contributed by atoms with Crippen molar-refractivity contribution in [2.24, 2.45) is 5.92 Å². The number of halogens is 1. The number of benzene rings is 2. The van der Waals surface area contributed by atoms with Crippen molar-refractivity contribution in [2.75, 3.05) is 20.8 Å². The van der Waals surface area contributed by atoms with Gasteiger partial charge in [0.25, 0.3) is 10.0 Å². The number of amides is 1. The van der Waals surface area contributed by atoms with E-state index >= 15 is 0 Å². The predicted octanol–water partition coefficient (Wildman–Crippen LogP) is 3.10. The summed E-state index contributed by atoms with van der Waals surface area (Å²) in [6, 6.07) is 10.7. The van der Waals surface area contributed by atoms with Crippen LogP contribution in [0.15, 0.2) is 47.4 Å². The van der Waals surface area contributed by atoms with Gasteiger partial charge in [0.05, 0.1) is 25.7 Å². The van der Waals surface area contributed by atoms with E-state index in [-0.39, 0.29) is 29.9 Å². The Morgan fingerprint density at radius 3 is 2.40 bits per heavy atom. The van der Waals surface area contributed by atoms with E-state index in [0.717, 1.165) is 0 Å². The van der Waals surface area contributed by atoms with Gasteiger partial charge in [-0.2, -0.15) is 0 Å². The molecular formula is C21H22ClNO6S. The standard InChI is InChI=1S/C21H22ClNO6S/c1-28-18-7-10-20(29-2)15(12-18)11-14-3-6-17(24)13-23(21(14)25)30(26,27)19-8-4-16(22)5-9-19/h4-5,7-10,12,14H,3,6,11,13H2,1-2H3. The Morgan fingerprint density at radius 2 is 1.77 bits per heavy atom. The molecule has 1 fully saturated rings. The number of Topliss-reactive ketones (excluding diaryl/α,β-unsaturated/α-hetero) is 1. The number of rotatable bonds is 6. The number of ether oxygens (including phenoxy) is 2. The van der Waals surface area contributed by atoms with E-state index in [2.05, 4.69) is 0 Å². The molecule has 1 aliphatic rings. The second-order valence-electron chi connectivity index (χ2n) is 6.96. The summed E-state index contributed by atoms with van der Waals surface area (Å²) < 4.78 is 37.5. The molecule has 2 aromatic rings. The van der Waals surface area contributed by atoms with E-state index < -0.39 is 28.4 Å². The van der Waals surface area contributed by atoms with E-state index in [1.54, 1.807) is 18.2 Å². The minimum Gasteiger partial charge on any atom is -0.497 e. The Kier molecular flexibility index (Phi) is 6.67. The molecule has 0 radical (unpaired) electrons. The zero-order chi connectivity index (χ0) is 21.9. The maximum Gasteiger partial charge on any atom is 0.266 e. The van der Waals surface area contributed by atoms with Gasteiger partial charge in [0, 0.05) is 17.4 Å². The van der Waals surface area contributed by atoms with Crippen molar-refractivity contribution >= 4 is 33.3 Å². The molecule has 1 aliphatic heterocycles. The maximum atomic E-state index is 13.2. The normalized spacial score (nSPS) is 17.6. The summed E-state index contributed by atoms with van der Waals surface area (Å²) in [7, 11) is -1.15. The highest BCUT2D eigenvalue weighted by Gasteiger charge is 2.38. The Morgan fingerprint density at radius 1 is 1.07 bits per heavy atom. The fourth-order valence-corrected chi connectivity index (χ4v) is 4.97. The molecule has 30 heavy (non-hydrogen) atoms. The van der Waals surface area contributed by atoms with E-state index in [1.807, 2.05) is 0 Å². The lowest BCUT2D eigenvalue weighted by Crippen LogP contribution is -2.42. The number of hydrogen-bond acceptors (Lipinski definition) is 6. The van der Waals surface area contributed by atoms with E-state index in [9.17, 15) is 18.0 Å². The molecule has 1 amide bonds. The zero-order valence-corrected chi connectivity index (χ0v) is 18.2. The molecular weight excluding hydrogens is 430 g/mol. The Balaban J connectivity index is 1.95. The summed E-state index contributed by atoms with van der Waals surface area (Å²) in [5, 5.41) is 0.371. The van der Waals surface area contributed by atoms with Gasteiger partial charge in [-0.15, -0.1) is 0 Å². The smallest absolute Gasteiger partial charge is 0.266 e. The third-order valence-corrected chi connectivity index (χ3v) is 7.05. The van der Waals surface area contributed by atoms with E-state index in [4.69, 9.17) is 21.1 Å². The lowest BCUT2D eigenvalue weighted by Gasteiger charge is -2.24. The monoisotopic (exact) mass is 451 g/mol. The van der Waals surface area contributed by atoms with Gasteiger partial charge >= 0.3 is 0 Å². The number of hydrogen-bond donors (Lipinski definition) is 0. The quantitative estimate of drug-likeness (QED) is 0.670. The molecule has 9 heteroatoms.